The van der Waals surface area contributed by atoms with E-state index in [0.29, 0.717) is 32.4 Å². The molecule has 3 aromatic carbocycles. The third kappa shape index (κ3) is 8.18. The van der Waals surface area contributed by atoms with Crippen LogP contribution in [-0.4, -0.2) is 51.4 Å². The number of methoxy groups -OCH3 is 1. The lowest BCUT2D eigenvalue weighted by atomic mass is 10.1. The molecule has 0 aliphatic heterocycles. The van der Waals surface area contributed by atoms with E-state index in [4.69, 9.17) is 27.9 Å². The molecule has 0 bridgehead atoms. The Morgan fingerprint density at radius 1 is 1.00 bits per heavy atom. The largest absolute Gasteiger partial charge is 0.496 e. The zero-order chi connectivity index (χ0) is 31.2. The van der Waals surface area contributed by atoms with Crippen molar-refractivity contribution < 1.29 is 22.7 Å². The molecule has 12 heteroatoms. The molecule has 2 amide bonds. The van der Waals surface area contributed by atoms with Gasteiger partial charge in [0.25, 0.3) is 10.0 Å². The summed E-state index contributed by atoms with van der Waals surface area (Å²) < 4.78 is 34.8. The summed E-state index contributed by atoms with van der Waals surface area (Å²) in [5.74, 6) is -0.357. The molecule has 8 nitrogen and oxygen atoms in total. The Hall–Kier alpha value is -2.79. The van der Waals surface area contributed by atoms with Gasteiger partial charge in [-0.25, -0.2) is 8.42 Å². The second kappa shape index (κ2) is 14.6. The number of nitrogens with one attached hydrogen (secondary N) is 1. The van der Waals surface area contributed by atoms with Gasteiger partial charge in [-0.05, 0) is 78.2 Å². The van der Waals surface area contributed by atoms with Gasteiger partial charge in [0.05, 0.1) is 22.2 Å². The quantitative estimate of drug-likeness (QED) is 0.234. The summed E-state index contributed by atoms with van der Waals surface area (Å²) in [5.41, 5.74) is 1.65. The molecule has 0 fully saturated rings. The van der Waals surface area contributed by atoms with E-state index in [1.807, 2.05) is 20.8 Å². The Morgan fingerprint density at radius 3 is 2.17 bits per heavy atom. The molecule has 0 saturated carbocycles. The summed E-state index contributed by atoms with van der Waals surface area (Å²) in [6.07, 6.45) is 0. The molecule has 0 spiro atoms. The van der Waals surface area contributed by atoms with Crippen molar-refractivity contribution in [2.75, 3.05) is 24.5 Å². The maximum absolute atomic E-state index is 14.1. The van der Waals surface area contributed by atoms with Crippen molar-refractivity contribution in [1.29, 1.82) is 0 Å². The lowest BCUT2D eigenvalue weighted by molar-refractivity contribution is -0.139. The van der Waals surface area contributed by atoms with E-state index in [0.717, 1.165) is 9.87 Å². The van der Waals surface area contributed by atoms with Gasteiger partial charge < -0.3 is 15.0 Å². The lowest BCUT2D eigenvalue weighted by Gasteiger charge is -2.32. The number of ether oxygens (including phenoxy) is 1. The van der Waals surface area contributed by atoms with E-state index in [-0.39, 0.29) is 29.0 Å². The van der Waals surface area contributed by atoms with Crippen LogP contribution in [0.3, 0.4) is 0 Å². The first-order valence-electron chi connectivity index (χ1n) is 13.2. The topological polar surface area (TPSA) is 96.0 Å². The fourth-order valence-electron chi connectivity index (χ4n) is 4.06. The highest BCUT2D eigenvalue weighted by Gasteiger charge is 2.33. The van der Waals surface area contributed by atoms with Crippen molar-refractivity contribution in [3.05, 3.63) is 86.3 Å². The molecule has 42 heavy (non-hydrogen) atoms. The number of nitrogens with zero attached hydrogens (tertiary/aromatic N) is 2. The van der Waals surface area contributed by atoms with Crippen molar-refractivity contribution in [2.24, 2.45) is 5.92 Å². The smallest absolute Gasteiger partial charge is 0.264 e. The van der Waals surface area contributed by atoms with Gasteiger partial charge in [0.2, 0.25) is 11.8 Å². The number of aryl methyl sites for hydroxylation is 1. The maximum Gasteiger partial charge on any atom is 0.264 e. The Morgan fingerprint density at radius 2 is 1.62 bits per heavy atom. The normalized spacial score (nSPS) is 12.1. The van der Waals surface area contributed by atoms with Gasteiger partial charge in [0.1, 0.15) is 18.3 Å². The second-order valence-electron chi connectivity index (χ2n) is 10.2. The van der Waals surface area contributed by atoms with Crippen LogP contribution in [0.4, 0.5) is 5.69 Å². The van der Waals surface area contributed by atoms with Gasteiger partial charge in [-0.15, -0.1) is 0 Å². The van der Waals surface area contributed by atoms with Gasteiger partial charge in [-0.3, -0.25) is 13.9 Å². The van der Waals surface area contributed by atoms with Crippen LogP contribution in [0.15, 0.2) is 70.0 Å². The molecule has 0 radical (unpaired) electrons. The number of carbonyl (C=O) groups is 2. The molecular formula is C30H34BrCl2N3O5S. The average Bonchev–Trinajstić information content (AvgIpc) is 2.94. The highest BCUT2D eigenvalue weighted by Crippen LogP contribution is 2.32. The van der Waals surface area contributed by atoms with E-state index in [9.17, 15) is 18.0 Å². The highest BCUT2D eigenvalue weighted by atomic mass is 79.9. The van der Waals surface area contributed by atoms with Crippen molar-refractivity contribution >= 4 is 66.7 Å². The molecule has 0 aliphatic carbocycles. The van der Waals surface area contributed by atoms with E-state index in [1.54, 1.807) is 49.4 Å². The predicted molar refractivity (Wildman–Crippen MR) is 171 cm³/mol. The molecule has 0 aromatic heterocycles. The van der Waals surface area contributed by atoms with Crippen LogP contribution in [0.2, 0.25) is 10.0 Å². The van der Waals surface area contributed by atoms with Gasteiger partial charge in [-0.2, -0.15) is 0 Å². The minimum absolute atomic E-state index is 0.0491. The summed E-state index contributed by atoms with van der Waals surface area (Å²) in [6.45, 7) is 7.10. The monoisotopic (exact) mass is 697 g/mol. The Balaban J connectivity index is 2.07. The number of halogens is 3. The number of sulfonamides is 1. The lowest BCUT2D eigenvalue weighted by Crippen LogP contribution is -2.51. The maximum atomic E-state index is 14.1. The zero-order valence-electron chi connectivity index (χ0n) is 24.0. The van der Waals surface area contributed by atoms with Crippen LogP contribution in [0, 0.1) is 12.8 Å². The third-order valence-corrected chi connectivity index (χ3v) is 9.65. The van der Waals surface area contributed by atoms with E-state index in [2.05, 4.69) is 21.2 Å². The van der Waals surface area contributed by atoms with Gasteiger partial charge >= 0.3 is 0 Å². The van der Waals surface area contributed by atoms with Crippen molar-refractivity contribution in [2.45, 2.75) is 45.2 Å². The number of amides is 2. The molecule has 226 valence electrons. The van der Waals surface area contributed by atoms with Crippen LogP contribution < -0.4 is 14.4 Å². The predicted octanol–water partition coefficient (Wildman–Crippen LogP) is 6.46. The van der Waals surface area contributed by atoms with Crippen LogP contribution in [-0.2, 0) is 26.2 Å². The van der Waals surface area contributed by atoms with E-state index in [1.165, 1.54) is 30.2 Å². The summed E-state index contributed by atoms with van der Waals surface area (Å²) in [5, 5.41) is 3.49. The highest BCUT2D eigenvalue weighted by molar-refractivity contribution is 9.10. The fourth-order valence-corrected chi connectivity index (χ4v) is 6.71. The zero-order valence-corrected chi connectivity index (χ0v) is 27.9. The molecule has 0 unspecified atom stereocenters. The number of rotatable bonds is 12. The molecule has 1 N–H and O–H groups in total. The van der Waals surface area contributed by atoms with Crippen molar-refractivity contribution in [3.63, 3.8) is 0 Å². The Kier molecular flexibility index (Phi) is 11.7. The van der Waals surface area contributed by atoms with E-state index >= 15 is 0 Å². The Bertz CT molecular complexity index is 1510. The van der Waals surface area contributed by atoms with Crippen molar-refractivity contribution in [1.82, 2.24) is 10.2 Å². The first kappa shape index (κ1) is 33.7. The second-order valence-corrected chi connectivity index (χ2v) is 13.7. The molecule has 3 aromatic rings. The SMILES string of the molecule is COc1ccc(S(=O)(=O)N(CC(=O)N(Cc2c(Cl)cccc2Cl)[C@H](C)C(=O)NCC(C)C)c2ccc(C)cc2)cc1Br. The molecular weight excluding hydrogens is 665 g/mol. The first-order chi connectivity index (χ1) is 19.8. The number of hydrogen-bond acceptors (Lipinski definition) is 5. The van der Waals surface area contributed by atoms with Crippen LogP contribution >= 0.6 is 39.1 Å². The molecule has 3 rings (SSSR count). The Labute approximate surface area is 266 Å². The first-order valence-corrected chi connectivity index (χ1v) is 16.2. The van der Waals surface area contributed by atoms with E-state index < -0.39 is 28.5 Å². The number of hydrogen-bond donors (Lipinski definition) is 1. The van der Waals surface area contributed by atoms with Crippen LogP contribution in [0.1, 0.15) is 31.9 Å². The van der Waals surface area contributed by atoms with Gasteiger partial charge in [-0.1, -0.05) is 60.8 Å². The summed E-state index contributed by atoms with van der Waals surface area (Å²) in [4.78, 5) is 28.5. The van der Waals surface area contributed by atoms with Crippen LogP contribution in [0.25, 0.3) is 0 Å². The van der Waals surface area contributed by atoms with Gasteiger partial charge in [0, 0.05) is 28.7 Å². The third-order valence-electron chi connectivity index (χ3n) is 6.55. The van der Waals surface area contributed by atoms with Gasteiger partial charge in [0.15, 0.2) is 0 Å². The number of anilines is 1. The number of carbonyl (C=O) groups excluding carboxylic acids is 2. The molecule has 1 atom stereocenters. The van der Waals surface area contributed by atoms with Crippen LogP contribution in [0.5, 0.6) is 5.75 Å². The standard InChI is InChI=1S/C30H34BrCl2N3O5S/c1-19(2)16-34-30(38)21(4)35(17-24-26(32)7-6-8-27(24)33)29(37)18-36(22-11-9-20(3)10-12-22)42(39,40)23-13-14-28(41-5)25(31)15-23/h6-15,19,21H,16-18H2,1-5H3,(H,34,38)/t21-/m1/s1. The summed E-state index contributed by atoms with van der Waals surface area (Å²) in [6, 6.07) is 15.1. The average molecular weight is 699 g/mol. The summed E-state index contributed by atoms with van der Waals surface area (Å²) in [7, 11) is -2.78. The summed E-state index contributed by atoms with van der Waals surface area (Å²) >= 11 is 16.2. The fraction of sp³-hybridized carbons (Fsp3) is 0.333. The minimum atomic E-state index is -4.25. The molecule has 0 aliphatic rings. The van der Waals surface area contributed by atoms with Crippen molar-refractivity contribution in [3.8, 4) is 5.75 Å². The molecule has 0 heterocycles. The number of benzene rings is 3. The molecule has 0 saturated heterocycles. The minimum Gasteiger partial charge on any atom is -0.496 e.